The summed E-state index contributed by atoms with van der Waals surface area (Å²) in [7, 11) is -4.16. The van der Waals surface area contributed by atoms with Gasteiger partial charge in [0.1, 0.15) is 22.7 Å². The monoisotopic (exact) mass is 363 g/mol. The van der Waals surface area contributed by atoms with E-state index in [1.165, 1.54) is 12.1 Å². The summed E-state index contributed by atoms with van der Waals surface area (Å²) in [6.07, 6.45) is -0.400. The fraction of sp³-hybridized carbons (Fsp3) is 0.176. The van der Waals surface area contributed by atoms with Crippen LogP contribution < -0.4 is 9.46 Å². The highest BCUT2D eigenvalue weighted by molar-refractivity contribution is 7.89. The molecule has 25 heavy (non-hydrogen) atoms. The molecule has 0 aliphatic rings. The van der Waals surface area contributed by atoms with Gasteiger partial charge >= 0.3 is 5.97 Å². The maximum atomic E-state index is 12.6. The summed E-state index contributed by atoms with van der Waals surface area (Å²) < 4.78 is 32.9. The maximum Gasteiger partial charge on any atom is 0.305 e. The van der Waals surface area contributed by atoms with Crippen molar-refractivity contribution in [3.05, 3.63) is 54.1 Å². The Balaban J connectivity index is 2.37. The summed E-state index contributed by atoms with van der Waals surface area (Å²) in [5.41, 5.74) is 0.668. The third-order valence-electron chi connectivity index (χ3n) is 3.23. The van der Waals surface area contributed by atoms with E-state index in [1.54, 1.807) is 43.3 Å². The highest BCUT2D eigenvalue weighted by atomic mass is 32.2. The van der Waals surface area contributed by atoms with Crippen LogP contribution in [-0.4, -0.2) is 31.8 Å². The number of hydrogen-bond acceptors (Lipinski definition) is 5. The van der Waals surface area contributed by atoms with Crippen molar-refractivity contribution < 1.29 is 27.9 Å². The topological polar surface area (TPSA) is 110 Å². The molecular formula is C17H17NO6S. The Morgan fingerprint density at radius 1 is 1.24 bits per heavy atom. The molecule has 0 saturated carbocycles. The molecule has 0 heterocycles. The highest BCUT2D eigenvalue weighted by Gasteiger charge is 2.25. The smallest absolute Gasteiger partial charge is 0.305 e. The van der Waals surface area contributed by atoms with Crippen LogP contribution in [0.3, 0.4) is 0 Å². The van der Waals surface area contributed by atoms with E-state index in [0.29, 0.717) is 11.3 Å². The van der Waals surface area contributed by atoms with Crippen LogP contribution in [0.4, 0.5) is 0 Å². The molecule has 1 unspecified atom stereocenters. The summed E-state index contributed by atoms with van der Waals surface area (Å²) in [6, 6.07) is 11.8. The Bertz CT molecular complexity index is 864. The molecule has 2 N–H and O–H groups in total. The molecule has 0 spiro atoms. The van der Waals surface area contributed by atoms with Crippen LogP contribution in [0.25, 0.3) is 0 Å². The molecule has 2 rings (SSSR count). The molecule has 2 aromatic carbocycles. The second-order valence-corrected chi connectivity index (χ2v) is 7.01. The fourth-order valence-corrected chi connectivity index (χ4v) is 3.47. The van der Waals surface area contributed by atoms with Gasteiger partial charge in [-0.3, -0.25) is 4.79 Å². The molecule has 0 aliphatic carbocycles. The lowest BCUT2D eigenvalue weighted by Gasteiger charge is -2.15. The first-order chi connectivity index (χ1) is 11.8. The van der Waals surface area contributed by atoms with Crippen molar-refractivity contribution >= 4 is 22.3 Å². The van der Waals surface area contributed by atoms with Crippen LogP contribution >= 0.6 is 0 Å². The van der Waals surface area contributed by atoms with Crippen molar-refractivity contribution in [1.82, 2.24) is 4.72 Å². The number of para-hydroxylation sites is 1. The Morgan fingerprint density at radius 2 is 1.92 bits per heavy atom. The molecule has 0 aliphatic heterocycles. The standard InChI is InChI=1S/C17H17NO6S/c1-12-7-8-15(24-14-5-3-2-4-6-14)16(9-12)25(22,23)18-13(11-19)10-17(20)21/h2-9,11,13,18H,10H2,1H3,(H,20,21). The number of hydrogen-bond donors (Lipinski definition) is 2. The normalized spacial score (nSPS) is 12.4. The van der Waals surface area contributed by atoms with Crippen molar-refractivity contribution in [3.63, 3.8) is 0 Å². The molecule has 2 aromatic rings. The molecule has 1 atom stereocenters. The van der Waals surface area contributed by atoms with Crippen molar-refractivity contribution in [1.29, 1.82) is 0 Å². The van der Waals surface area contributed by atoms with Crippen LogP contribution in [0, 0.1) is 6.92 Å². The molecule has 0 fully saturated rings. The number of aryl methyl sites for hydroxylation is 1. The molecule has 0 radical (unpaired) electrons. The molecule has 0 saturated heterocycles. The number of carboxylic acid groups (broad SMARTS) is 1. The van der Waals surface area contributed by atoms with Crippen LogP contribution in [-0.2, 0) is 19.6 Å². The second kappa shape index (κ2) is 7.91. The summed E-state index contributed by atoms with van der Waals surface area (Å²) in [6.45, 7) is 1.71. The lowest BCUT2D eigenvalue weighted by Crippen LogP contribution is -2.37. The minimum absolute atomic E-state index is 0.0734. The van der Waals surface area contributed by atoms with Crippen LogP contribution in [0.5, 0.6) is 11.5 Å². The molecule has 0 aromatic heterocycles. The Kier molecular flexibility index (Phi) is 5.89. The number of aldehydes is 1. The zero-order valence-corrected chi connectivity index (χ0v) is 14.2. The van der Waals surface area contributed by atoms with Crippen LogP contribution in [0.2, 0.25) is 0 Å². The fourth-order valence-electron chi connectivity index (χ4n) is 2.09. The minimum atomic E-state index is -4.16. The summed E-state index contributed by atoms with van der Waals surface area (Å²) in [4.78, 5) is 21.5. The number of aliphatic carboxylic acids is 1. The number of carbonyl (C=O) groups excluding carboxylic acids is 1. The van der Waals surface area contributed by atoms with E-state index >= 15 is 0 Å². The van der Waals surface area contributed by atoms with Gasteiger partial charge in [-0.2, -0.15) is 0 Å². The average Bonchev–Trinajstić information content (AvgIpc) is 2.56. The number of carboxylic acids is 1. The summed E-state index contributed by atoms with van der Waals surface area (Å²) >= 11 is 0. The van der Waals surface area contributed by atoms with Crippen molar-refractivity contribution in [2.45, 2.75) is 24.3 Å². The second-order valence-electron chi connectivity index (χ2n) is 5.33. The SMILES string of the molecule is Cc1ccc(Oc2ccccc2)c(S(=O)(=O)NC(C=O)CC(=O)O)c1. The Hall–Kier alpha value is -2.71. The number of rotatable bonds is 8. The highest BCUT2D eigenvalue weighted by Crippen LogP contribution is 2.29. The van der Waals surface area contributed by atoms with E-state index < -0.39 is 28.5 Å². The van der Waals surface area contributed by atoms with E-state index in [0.717, 1.165) is 0 Å². The van der Waals surface area contributed by atoms with E-state index in [2.05, 4.69) is 4.72 Å². The molecular weight excluding hydrogens is 346 g/mol. The lowest BCUT2D eigenvalue weighted by atomic mass is 10.2. The first kappa shape index (κ1) is 18.6. The number of carbonyl (C=O) groups is 2. The number of nitrogens with one attached hydrogen (secondary N) is 1. The van der Waals surface area contributed by atoms with Gasteiger partial charge in [-0.25, -0.2) is 13.1 Å². The average molecular weight is 363 g/mol. The van der Waals surface area contributed by atoms with Gasteiger partial charge in [-0.05, 0) is 36.8 Å². The van der Waals surface area contributed by atoms with Gasteiger partial charge in [-0.15, -0.1) is 0 Å². The van der Waals surface area contributed by atoms with Gasteiger partial charge in [0.2, 0.25) is 10.0 Å². The van der Waals surface area contributed by atoms with Crippen molar-refractivity contribution in [2.24, 2.45) is 0 Å². The predicted molar refractivity (Wildman–Crippen MR) is 90.1 cm³/mol. The van der Waals surface area contributed by atoms with Gasteiger partial charge < -0.3 is 14.6 Å². The minimum Gasteiger partial charge on any atom is -0.481 e. The lowest BCUT2D eigenvalue weighted by molar-refractivity contribution is -0.138. The molecule has 7 nitrogen and oxygen atoms in total. The first-order valence-corrected chi connectivity index (χ1v) is 8.83. The molecule has 132 valence electrons. The van der Waals surface area contributed by atoms with Gasteiger partial charge in [0, 0.05) is 0 Å². The Labute approximate surface area is 145 Å². The molecule has 0 bridgehead atoms. The Morgan fingerprint density at radius 3 is 2.52 bits per heavy atom. The molecule has 8 heteroatoms. The third kappa shape index (κ3) is 5.13. The largest absolute Gasteiger partial charge is 0.481 e. The van der Waals surface area contributed by atoms with E-state index in [9.17, 15) is 18.0 Å². The number of sulfonamides is 1. The van der Waals surface area contributed by atoms with E-state index in [-0.39, 0.29) is 16.9 Å². The van der Waals surface area contributed by atoms with Gasteiger partial charge in [0.05, 0.1) is 12.5 Å². The summed E-state index contributed by atoms with van der Waals surface area (Å²) in [5.74, 6) is -0.769. The van der Waals surface area contributed by atoms with Crippen LogP contribution in [0.1, 0.15) is 12.0 Å². The zero-order chi connectivity index (χ0) is 18.4. The predicted octanol–water partition coefficient (Wildman–Crippen LogP) is 2.11. The number of benzene rings is 2. The maximum absolute atomic E-state index is 12.6. The van der Waals surface area contributed by atoms with E-state index in [4.69, 9.17) is 9.84 Å². The van der Waals surface area contributed by atoms with E-state index in [1.807, 2.05) is 0 Å². The van der Waals surface area contributed by atoms with Crippen molar-refractivity contribution in [3.8, 4) is 11.5 Å². The van der Waals surface area contributed by atoms with Gasteiger partial charge in [-0.1, -0.05) is 24.3 Å². The summed E-state index contributed by atoms with van der Waals surface area (Å²) in [5, 5.41) is 8.76. The van der Waals surface area contributed by atoms with Gasteiger partial charge in [0.25, 0.3) is 0 Å². The first-order valence-electron chi connectivity index (χ1n) is 7.35. The van der Waals surface area contributed by atoms with Crippen LogP contribution in [0.15, 0.2) is 53.4 Å². The van der Waals surface area contributed by atoms with Crippen molar-refractivity contribution in [2.75, 3.05) is 0 Å². The zero-order valence-electron chi connectivity index (χ0n) is 13.4. The molecule has 0 amide bonds. The third-order valence-corrected chi connectivity index (χ3v) is 4.74. The number of ether oxygens (including phenoxy) is 1. The van der Waals surface area contributed by atoms with Gasteiger partial charge in [0.15, 0.2) is 0 Å². The quantitative estimate of drug-likeness (QED) is 0.695.